The number of para-hydroxylation sites is 1. The number of nitriles is 1. The predicted octanol–water partition coefficient (Wildman–Crippen LogP) is 4.09. The van der Waals surface area contributed by atoms with Gasteiger partial charge in [-0.25, -0.2) is 9.97 Å². The second-order valence-electron chi connectivity index (χ2n) is 6.36. The van der Waals surface area contributed by atoms with Gasteiger partial charge in [0.1, 0.15) is 17.3 Å². The van der Waals surface area contributed by atoms with Crippen LogP contribution < -0.4 is 10.1 Å². The van der Waals surface area contributed by atoms with Crippen LogP contribution in [-0.2, 0) is 4.79 Å². The van der Waals surface area contributed by atoms with Crippen LogP contribution in [-0.4, -0.2) is 22.5 Å². The van der Waals surface area contributed by atoms with E-state index >= 15 is 0 Å². The molecule has 4 aromatic rings. The Hall–Kier alpha value is -4.18. The quantitative estimate of drug-likeness (QED) is 0.556. The van der Waals surface area contributed by atoms with Gasteiger partial charge in [0.2, 0.25) is 11.6 Å². The van der Waals surface area contributed by atoms with Crippen LogP contribution in [0.25, 0.3) is 22.7 Å². The number of aromatic nitrogens is 2. The molecule has 0 aliphatic heterocycles. The fraction of sp³-hybridized carbons (Fsp3) is 0.0909. The summed E-state index contributed by atoms with van der Waals surface area (Å²) in [5, 5.41) is 11.7. The molecule has 0 fully saturated rings. The van der Waals surface area contributed by atoms with Gasteiger partial charge in [0.15, 0.2) is 6.61 Å². The molecule has 2 aromatic carbocycles. The number of carbonyl (C=O) groups is 1. The molecule has 0 bridgehead atoms. The zero-order valence-corrected chi connectivity index (χ0v) is 15.5. The van der Waals surface area contributed by atoms with Crippen LogP contribution in [0.5, 0.6) is 5.75 Å². The molecule has 0 unspecified atom stereocenters. The summed E-state index contributed by atoms with van der Waals surface area (Å²) in [5.74, 6) is 0.821. The lowest BCUT2D eigenvalue weighted by Crippen LogP contribution is -2.20. The Balaban J connectivity index is 1.42. The van der Waals surface area contributed by atoms with Gasteiger partial charge in [0.25, 0.3) is 5.91 Å². The van der Waals surface area contributed by atoms with Crippen LogP contribution in [0.3, 0.4) is 0 Å². The Morgan fingerprint density at radius 1 is 1.21 bits per heavy atom. The molecule has 4 rings (SSSR count). The number of pyridine rings is 1. The van der Waals surface area contributed by atoms with Gasteiger partial charge >= 0.3 is 0 Å². The van der Waals surface area contributed by atoms with Gasteiger partial charge in [-0.05, 0) is 48.9 Å². The van der Waals surface area contributed by atoms with Crippen LogP contribution >= 0.6 is 0 Å². The number of benzene rings is 2. The summed E-state index contributed by atoms with van der Waals surface area (Å²) in [6.07, 6.45) is 1.44. The highest BCUT2D eigenvalue weighted by molar-refractivity contribution is 5.92. The van der Waals surface area contributed by atoms with Crippen molar-refractivity contribution in [3.05, 3.63) is 71.9 Å². The first-order valence-corrected chi connectivity index (χ1v) is 8.88. The van der Waals surface area contributed by atoms with E-state index in [0.717, 1.165) is 11.1 Å². The van der Waals surface area contributed by atoms with Crippen molar-refractivity contribution >= 4 is 22.8 Å². The van der Waals surface area contributed by atoms with Gasteiger partial charge in [-0.3, -0.25) is 4.79 Å². The van der Waals surface area contributed by atoms with Crippen molar-refractivity contribution in [1.29, 1.82) is 5.26 Å². The Morgan fingerprint density at radius 3 is 2.76 bits per heavy atom. The molecule has 0 radical (unpaired) electrons. The second-order valence-corrected chi connectivity index (χ2v) is 6.36. The molecule has 0 atom stereocenters. The van der Waals surface area contributed by atoms with E-state index in [2.05, 4.69) is 15.3 Å². The van der Waals surface area contributed by atoms with E-state index in [9.17, 15) is 4.79 Å². The van der Waals surface area contributed by atoms with E-state index in [1.807, 2.05) is 37.3 Å². The Bertz CT molecular complexity index is 1220. The molecule has 1 N–H and O–H groups in total. The number of hydrogen-bond donors (Lipinski definition) is 1. The first-order chi connectivity index (χ1) is 14.1. The molecule has 2 aromatic heterocycles. The molecule has 7 nitrogen and oxygen atoms in total. The zero-order valence-electron chi connectivity index (χ0n) is 15.5. The largest absolute Gasteiger partial charge is 0.483 e. The first-order valence-electron chi connectivity index (χ1n) is 8.88. The summed E-state index contributed by atoms with van der Waals surface area (Å²) in [4.78, 5) is 20.6. The number of ether oxygens (including phenoxy) is 1. The van der Waals surface area contributed by atoms with Crippen LogP contribution in [0.2, 0.25) is 0 Å². The Morgan fingerprint density at radius 2 is 2.00 bits per heavy atom. The second kappa shape index (κ2) is 7.82. The number of aryl methyl sites for hydroxylation is 1. The monoisotopic (exact) mass is 384 g/mol. The minimum atomic E-state index is -0.254. The third-order valence-corrected chi connectivity index (χ3v) is 4.24. The molecule has 0 spiro atoms. The lowest BCUT2D eigenvalue weighted by Gasteiger charge is -2.09. The molecule has 1 amide bonds. The molecule has 2 heterocycles. The van der Waals surface area contributed by atoms with Crippen molar-refractivity contribution in [1.82, 2.24) is 9.97 Å². The molecule has 0 saturated carbocycles. The van der Waals surface area contributed by atoms with Crippen LogP contribution in [0.4, 0.5) is 5.69 Å². The van der Waals surface area contributed by atoms with Gasteiger partial charge < -0.3 is 14.5 Å². The maximum Gasteiger partial charge on any atom is 0.262 e. The average molecular weight is 384 g/mol. The summed E-state index contributed by atoms with van der Waals surface area (Å²) in [6, 6.07) is 18.3. The number of nitrogens with zero attached hydrogens (tertiary/aromatic N) is 3. The summed E-state index contributed by atoms with van der Waals surface area (Å²) in [7, 11) is 0. The van der Waals surface area contributed by atoms with Crippen LogP contribution in [0.1, 0.15) is 11.1 Å². The highest BCUT2D eigenvalue weighted by Crippen LogP contribution is 2.25. The zero-order chi connectivity index (χ0) is 20.2. The summed E-state index contributed by atoms with van der Waals surface area (Å²) < 4.78 is 11.2. The SMILES string of the molecule is Cc1ccccc1OCC(=O)Nc1ccc(-c2nc3cc(C#N)cnc3o2)cc1. The Kier molecular flexibility index (Phi) is 4.91. The lowest BCUT2D eigenvalue weighted by atomic mass is 10.2. The number of anilines is 1. The van der Waals surface area contributed by atoms with E-state index in [1.54, 1.807) is 30.3 Å². The highest BCUT2D eigenvalue weighted by atomic mass is 16.5. The van der Waals surface area contributed by atoms with Gasteiger partial charge in [-0.15, -0.1) is 0 Å². The number of amides is 1. The van der Waals surface area contributed by atoms with Crippen molar-refractivity contribution in [2.24, 2.45) is 0 Å². The fourth-order valence-corrected chi connectivity index (χ4v) is 2.76. The number of nitrogens with one attached hydrogen (secondary N) is 1. The predicted molar refractivity (Wildman–Crippen MR) is 107 cm³/mol. The topological polar surface area (TPSA) is 101 Å². The number of rotatable bonds is 5. The average Bonchev–Trinajstić information content (AvgIpc) is 3.17. The van der Waals surface area contributed by atoms with Crippen molar-refractivity contribution in [2.75, 3.05) is 11.9 Å². The molecule has 142 valence electrons. The fourth-order valence-electron chi connectivity index (χ4n) is 2.76. The van der Waals surface area contributed by atoms with Crippen LogP contribution in [0.15, 0.2) is 65.2 Å². The van der Waals surface area contributed by atoms with Crippen molar-refractivity contribution in [3.8, 4) is 23.3 Å². The normalized spacial score (nSPS) is 10.5. The minimum Gasteiger partial charge on any atom is -0.483 e. The maximum absolute atomic E-state index is 12.1. The first kappa shape index (κ1) is 18.2. The molecule has 29 heavy (non-hydrogen) atoms. The van der Waals surface area contributed by atoms with Gasteiger partial charge in [0, 0.05) is 17.4 Å². The Labute approximate surface area is 166 Å². The number of carbonyl (C=O) groups excluding carboxylic acids is 1. The van der Waals surface area contributed by atoms with E-state index in [1.165, 1.54) is 6.20 Å². The molecule has 0 aliphatic rings. The third-order valence-electron chi connectivity index (χ3n) is 4.24. The molecular weight excluding hydrogens is 368 g/mol. The van der Waals surface area contributed by atoms with Crippen molar-refractivity contribution in [2.45, 2.75) is 6.92 Å². The number of fused-ring (bicyclic) bond motifs is 1. The highest BCUT2D eigenvalue weighted by Gasteiger charge is 2.11. The number of oxazole rings is 1. The van der Waals surface area contributed by atoms with Crippen molar-refractivity contribution in [3.63, 3.8) is 0 Å². The summed E-state index contributed by atoms with van der Waals surface area (Å²) >= 11 is 0. The standard InChI is InChI=1S/C22H16N4O3/c1-14-4-2-3-5-19(14)28-13-20(27)25-17-8-6-16(7-9-17)21-26-18-10-15(11-23)12-24-22(18)29-21/h2-10,12H,13H2,1H3,(H,25,27). The molecule has 0 saturated heterocycles. The minimum absolute atomic E-state index is 0.0787. The van der Waals surface area contributed by atoms with Crippen molar-refractivity contribution < 1.29 is 13.9 Å². The smallest absolute Gasteiger partial charge is 0.262 e. The molecule has 0 aliphatic carbocycles. The van der Waals surface area contributed by atoms with E-state index in [-0.39, 0.29) is 12.5 Å². The number of hydrogen-bond acceptors (Lipinski definition) is 6. The van der Waals surface area contributed by atoms with Gasteiger partial charge in [-0.2, -0.15) is 5.26 Å². The summed E-state index contributed by atoms with van der Waals surface area (Å²) in [6.45, 7) is 1.85. The third kappa shape index (κ3) is 4.06. The van der Waals surface area contributed by atoms with Gasteiger partial charge in [-0.1, -0.05) is 18.2 Å². The van der Waals surface area contributed by atoms with E-state index < -0.39 is 0 Å². The van der Waals surface area contributed by atoms with Crippen LogP contribution in [0, 0.1) is 18.3 Å². The molecular formula is C22H16N4O3. The van der Waals surface area contributed by atoms with Gasteiger partial charge in [0.05, 0.1) is 5.56 Å². The summed E-state index contributed by atoms with van der Waals surface area (Å²) in [5.41, 5.74) is 3.64. The van der Waals surface area contributed by atoms with E-state index in [0.29, 0.717) is 34.1 Å². The lowest BCUT2D eigenvalue weighted by molar-refractivity contribution is -0.118. The maximum atomic E-state index is 12.1. The molecule has 7 heteroatoms. The van der Waals surface area contributed by atoms with E-state index in [4.69, 9.17) is 14.4 Å².